The van der Waals surface area contributed by atoms with E-state index < -0.39 is 0 Å². The Bertz CT molecular complexity index is 443. The van der Waals surface area contributed by atoms with Crippen molar-refractivity contribution < 1.29 is 0 Å². The summed E-state index contributed by atoms with van der Waals surface area (Å²) in [5.41, 5.74) is 1.29. The van der Waals surface area contributed by atoms with Crippen molar-refractivity contribution in [1.29, 1.82) is 0 Å². The number of halogens is 1. The highest BCUT2D eigenvalue weighted by Crippen LogP contribution is 2.25. The van der Waals surface area contributed by atoms with Crippen molar-refractivity contribution >= 4 is 41.7 Å². The van der Waals surface area contributed by atoms with Crippen molar-refractivity contribution in [2.75, 3.05) is 25.4 Å². The summed E-state index contributed by atoms with van der Waals surface area (Å²) in [7, 11) is 1.96. The van der Waals surface area contributed by atoms with Gasteiger partial charge in [-0.3, -0.25) is 9.67 Å². The van der Waals surface area contributed by atoms with Gasteiger partial charge in [0.1, 0.15) is 0 Å². The molecule has 0 spiro atoms. The highest BCUT2D eigenvalue weighted by molar-refractivity contribution is 14.0. The van der Waals surface area contributed by atoms with Gasteiger partial charge in [-0.05, 0) is 43.9 Å². The predicted molar refractivity (Wildman–Crippen MR) is 106 cm³/mol. The molecule has 0 saturated carbocycles. The van der Waals surface area contributed by atoms with Crippen molar-refractivity contribution in [3.63, 3.8) is 0 Å². The first-order valence-electron chi connectivity index (χ1n) is 7.89. The van der Waals surface area contributed by atoms with Crippen molar-refractivity contribution in [2.24, 2.45) is 12.0 Å². The quantitative estimate of drug-likeness (QED) is 0.298. The summed E-state index contributed by atoms with van der Waals surface area (Å²) < 4.78 is 1.85. The lowest BCUT2D eigenvalue weighted by molar-refractivity contribution is 0.731. The summed E-state index contributed by atoms with van der Waals surface area (Å²) in [6.45, 7) is 4.89. The van der Waals surface area contributed by atoms with E-state index in [4.69, 9.17) is 4.99 Å². The van der Waals surface area contributed by atoms with Gasteiger partial charge in [-0.1, -0.05) is 0 Å². The third kappa shape index (κ3) is 7.21. The Kier molecular flexibility index (Phi) is 9.94. The average molecular weight is 437 g/mol. The zero-order chi connectivity index (χ0) is 14.9. The number of aromatic nitrogens is 2. The van der Waals surface area contributed by atoms with Crippen LogP contribution in [0.3, 0.4) is 0 Å². The molecule has 7 heteroatoms. The van der Waals surface area contributed by atoms with Crippen LogP contribution >= 0.6 is 35.7 Å². The van der Waals surface area contributed by atoms with Crippen molar-refractivity contribution in [1.82, 2.24) is 20.4 Å². The van der Waals surface area contributed by atoms with Gasteiger partial charge in [-0.15, -0.1) is 24.0 Å². The Morgan fingerprint density at radius 1 is 1.50 bits per heavy atom. The maximum atomic E-state index is 4.70. The zero-order valence-electron chi connectivity index (χ0n) is 13.5. The summed E-state index contributed by atoms with van der Waals surface area (Å²) >= 11 is 2.06. The number of guanidine groups is 1. The molecule has 1 atom stereocenters. The maximum absolute atomic E-state index is 4.70. The minimum absolute atomic E-state index is 0. The van der Waals surface area contributed by atoms with Crippen LogP contribution in [0.25, 0.3) is 0 Å². The Balaban J connectivity index is 0.00000242. The molecule has 2 rings (SSSR count). The van der Waals surface area contributed by atoms with Gasteiger partial charge in [-0.2, -0.15) is 16.9 Å². The molecule has 0 radical (unpaired) electrons. The molecule has 2 N–H and O–H groups in total. The molecule has 0 bridgehead atoms. The topological polar surface area (TPSA) is 54.2 Å². The van der Waals surface area contributed by atoms with Gasteiger partial charge in [0.15, 0.2) is 5.96 Å². The lowest BCUT2D eigenvalue weighted by Crippen LogP contribution is -2.38. The zero-order valence-corrected chi connectivity index (χ0v) is 16.7. The van der Waals surface area contributed by atoms with Crippen LogP contribution in [-0.2, 0) is 13.5 Å². The molecule has 0 aromatic carbocycles. The second-order valence-electron chi connectivity index (χ2n) is 5.41. The fraction of sp³-hybridized carbons (Fsp3) is 0.733. The number of aliphatic imine (C=N–C) groups is 1. The number of nitrogens with one attached hydrogen (secondary N) is 2. The van der Waals surface area contributed by atoms with Crippen LogP contribution in [0.1, 0.15) is 31.7 Å². The largest absolute Gasteiger partial charge is 0.357 e. The summed E-state index contributed by atoms with van der Waals surface area (Å²) in [6.07, 6.45) is 8.83. The number of thioether (sulfide) groups is 1. The van der Waals surface area contributed by atoms with E-state index in [9.17, 15) is 0 Å². The fourth-order valence-electron chi connectivity index (χ4n) is 2.42. The molecule has 1 aromatic rings. The van der Waals surface area contributed by atoms with Crippen LogP contribution in [0.5, 0.6) is 0 Å². The van der Waals surface area contributed by atoms with Crippen molar-refractivity contribution in [3.8, 4) is 0 Å². The molecule has 1 aliphatic rings. The van der Waals surface area contributed by atoms with Crippen molar-refractivity contribution in [2.45, 2.75) is 37.9 Å². The third-order valence-electron chi connectivity index (χ3n) is 3.51. The van der Waals surface area contributed by atoms with Crippen LogP contribution in [0.15, 0.2) is 17.4 Å². The Labute approximate surface area is 155 Å². The molecule has 1 unspecified atom stereocenters. The average Bonchev–Trinajstić information content (AvgIpc) is 3.12. The van der Waals surface area contributed by atoms with E-state index in [1.165, 1.54) is 24.2 Å². The molecule has 2 heterocycles. The number of hydrogen-bond acceptors (Lipinski definition) is 3. The minimum atomic E-state index is 0. The SMILES string of the molecule is CCNC(=NCC1CCCS1)NCCCc1cnn(C)c1.I. The maximum Gasteiger partial charge on any atom is 0.191 e. The van der Waals surface area contributed by atoms with Gasteiger partial charge >= 0.3 is 0 Å². The monoisotopic (exact) mass is 437 g/mol. The minimum Gasteiger partial charge on any atom is -0.357 e. The fourth-order valence-corrected chi connectivity index (χ4v) is 3.60. The van der Waals surface area contributed by atoms with Crippen LogP contribution in [0.2, 0.25) is 0 Å². The molecule has 1 aliphatic heterocycles. The van der Waals surface area contributed by atoms with Gasteiger partial charge < -0.3 is 10.6 Å². The summed E-state index contributed by atoms with van der Waals surface area (Å²) in [5, 5.41) is 11.7. The molecule has 126 valence electrons. The Morgan fingerprint density at radius 3 is 3.00 bits per heavy atom. The van der Waals surface area contributed by atoms with Crippen LogP contribution < -0.4 is 10.6 Å². The Hall–Kier alpha value is -0.440. The second-order valence-corrected chi connectivity index (χ2v) is 6.82. The summed E-state index contributed by atoms with van der Waals surface area (Å²) in [4.78, 5) is 4.70. The third-order valence-corrected chi connectivity index (χ3v) is 4.89. The number of aryl methyl sites for hydroxylation is 2. The van der Waals surface area contributed by atoms with E-state index in [-0.39, 0.29) is 24.0 Å². The molecule has 5 nitrogen and oxygen atoms in total. The van der Waals surface area contributed by atoms with Crippen LogP contribution in [-0.4, -0.2) is 46.4 Å². The molecule has 0 aliphatic carbocycles. The first-order chi connectivity index (χ1) is 10.3. The predicted octanol–water partition coefficient (Wildman–Crippen LogP) is 2.42. The first kappa shape index (κ1) is 19.6. The standard InChI is InChI=1S/C15H27N5S.HI/c1-3-16-15(18-11-14-7-5-9-21-14)17-8-4-6-13-10-19-20(2)12-13;/h10,12,14H,3-9,11H2,1-2H3,(H2,16,17,18);1H. The summed E-state index contributed by atoms with van der Waals surface area (Å²) in [5.74, 6) is 2.26. The lowest BCUT2D eigenvalue weighted by atomic mass is 10.2. The van der Waals surface area contributed by atoms with Crippen molar-refractivity contribution in [3.05, 3.63) is 18.0 Å². The van der Waals surface area contributed by atoms with Crippen LogP contribution in [0, 0.1) is 0 Å². The van der Waals surface area contributed by atoms with E-state index in [1.54, 1.807) is 0 Å². The first-order valence-corrected chi connectivity index (χ1v) is 8.94. The molecule has 0 amide bonds. The van der Waals surface area contributed by atoms with Gasteiger partial charge in [0.25, 0.3) is 0 Å². The summed E-state index contributed by atoms with van der Waals surface area (Å²) in [6, 6.07) is 0. The molecule has 1 aromatic heterocycles. The molecule has 1 fully saturated rings. The van der Waals surface area contributed by atoms with E-state index >= 15 is 0 Å². The highest BCUT2D eigenvalue weighted by atomic mass is 127. The highest BCUT2D eigenvalue weighted by Gasteiger charge is 2.14. The lowest BCUT2D eigenvalue weighted by Gasteiger charge is -2.12. The normalized spacial score (nSPS) is 18.1. The molecular formula is C15H28IN5S. The van der Waals surface area contributed by atoms with Gasteiger partial charge in [0.05, 0.1) is 12.7 Å². The van der Waals surface area contributed by atoms with E-state index in [1.807, 2.05) is 17.9 Å². The molecule has 22 heavy (non-hydrogen) atoms. The van der Waals surface area contributed by atoms with Crippen LogP contribution in [0.4, 0.5) is 0 Å². The Morgan fingerprint density at radius 2 is 2.36 bits per heavy atom. The van der Waals surface area contributed by atoms with Gasteiger partial charge in [-0.25, -0.2) is 0 Å². The number of rotatable bonds is 7. The smallest absolute Gasteiger partial charge is 0.191 e. The van der Waals surface area contributed by atoms with Gasteiger partial charge in [0, 0.05) is 31.6 Å². The van der Waals surface area contributed by atoms with Gasteiger partial charge in [0.2, 0.25) is 0 Å². The molecule has 1 saturated heterocycles. The van der Waals surface area contributed by atoms with E-state index in [0.717, 1.165) is 43.7 Å². The second kappa shape index (κ2) is 11.2. The van der Waals surface area contributed by atoms with E-state index in [0.29, 0.717) is 0 Å². The number of nitrogens with zero attached hydrogens (tertiary/aromatic N) is 3. The van der Waals surface area contributed by atoms with E-state index in [2.05, 4.69) is 40.6 Å². The number of hydrogen-bond donors (Lipinski definition) is 2. The molecular weight excluding hydrogens is 409 g/mol.